The molecule has 0 radical (unpaired) electrons. The maximum absolute atomic E-state index is 11.5. The van der Waals surface area contributed by atoms with Crippen LogP contribution in [0.1, 0.15) is 10.4 Å². The van der Waals surface area contributed by atoms with Crippen molar-refractivity contribution in [3.63, 3.8) is 0 Å². The van der Waals surface area contributed by atoms with Gasteiger partial charge in [0.05, 0.1) is 6.54 Å². The van der Waals surface area contributed by atoms with Crippen molar-refractivity contribution in [3.8, 4) is 11.4 Å². The van der Waals surface area contributed by atoms with Crippen LogP contribution in [0.2, 0.25) is 0 Å². The van der Waals surface area contributed by atoms with Gasteiger partial charge in [0.15, 0.2) is 11.6 Å². The lowest BCUT2D eigenvalue weighted by Crippen LogP contribution is -2.55. The number of primary amides is 1. The third-order valence-corrected chi connectivity index (χ3v) is 6.07. The Labute approximate surface area is 194 Å². The summed E-state index contributed by atoms with van der Waals surface area (Å²) in [5.41, 5.74) is 7.31. The van der Waals surface area contributed by atoms with Crippen LogP contribution in [-0.2, 0) is 4.74 Å². The van der Waals surface area contributed by atoms with Crippen molar-refractivity contribution in [2.75, 3.05) is 41.9 Å². The Morgan fingerprint density at radius 1 is 1.03 bits per heavy atom. The molecule has 1 saturated heterocycles. The Balaban J connectivity index is 1.43. The van der Waals surface area contributed by atoms with Gasteiger partial charge in [-0.05, 0) is 30.3 Å². The fraction of sp³-hybridized carbons (Fsp3) is 0.217. The van der Waals surface area contributed by atoms with Gasteiger partial charge in [0, 0.05) is 55.3 Å². The minimum atomic E-state index is -0.522. The van der Waals surface area contributed by atoms with Crippen LogP contribution in [0.4, 0.5) is 23.3 Å². The van der Waals surface area contributed by atoms with Gasteiger partial charge in [0.1, 0.15) is 29.2 Å². The number of rotatable bonds is 5. The van der Waals surface area contributed by atoms with Gasteiger partial charge in [0.2, 0.25) is 5.91 Å². The highest BCUT2D eigenvalue weighted by Crippen LogP contribution is 2.37. The molecule has 0 spiro atoms. The number of nitrogens with two attached hydrogens (primary N) is 1. The van der Waals surface area contributed by atoms with Crippen LogP contribution in [0.15, 0.2) is 48.9 Å². The van der Waals surface area contributed by atoms with Gasteiger partial charge < -0.3 is 25.6 Å². The third-order valence-electron chi connectivity index (χ3n) is 6.07. The maximum Gasteiger partial charge on any atom is 0.248 e. The van der Waals surface area contributed by atoms with Crippen molar-refractivity contribution in [1.29, 1.82) is 0 Å². The first-order valence-corrected chi connectivity index (χ1v) is 10.8. The summed E-state index contributed by atoms with van der Waals surface area (Å²) in [5.74, 6) is 2.72. The van der Waals surface area contributed by atoms with Crippen molar-refractivity contribution in [3.05, 3.63) is 54.5 Å². The SMILES string of the molecule is COC1CN2CCN1c1nccc3c2nc(-c2ccnc(Nc4cc(C(N)=O)ccn4)c2)nc13. The van der Waals surface area contributed by atoms with E-state index in [4.69, 9.17) is 20.4 Å². The molecule has 0 aliphatic carbocycles. The zero-order valence-corrected chi connectivity index (χ0v) is 18.3. The fourth-order valence-corrected chi connectivity index (χ4v) is 4.41. The lowest BCUT2D eigenvalue weighted by molar-refractivity contribution is 0.0952. The van der Waals surface area contributed by atoms with Crippen LogP contribution >= 0.6 is 0 Å². The lowest BCUT2D eigenvalue weighted by atomic mass is 10.1. The summed E-state index contributed by atoms with van der Waals surface area (Å²) < 4.78 is 5.73. The number of nitrogens with one attached hydrogen (secondary N) is 1. The van der Waals surface area contributed by atoms with Gasteiger partial charge in [0.25, 0.3) is 0 Å². The number of nitrogens with zero attached hydrogens (tertiary/aromatic N) is 7. The molecule has 3 N–H and O–H groups in total. The minimum Gasteiger partial charge on any atom is -0.366 e. The van der Waals surface area contributed by atoms with Crippen molar-refractivity contribution >= 4 is 40.1 Å². The molecule has 3 aliphatic heterocycles. The predicted octanol–water partition coefficient (Wildman–Crippen LogP) is 1.94. The highest BCUT2D eigenvalue weighted by atomic mass is 16.5. The van der Waals surface area contributed by atoms with Crippen molar-refractivity contribution in [2.24, 2.45) is 5.73 Å². The number of pyridine rings is 3. The zero-order valence-electron chi connectivity index (χ0n) is 18.3. The van der Waals surface area contributed by atoms with Crippen LogP contribution in [0.25, 0.3) is 22.3 Å². The number of hydrogen-bond donors (Lipinski definition) is 2. The third kappa shape index (κ3) is 3.33. The highest BCUT2D eigenvalue weighted by Gasteiger charge is 2.34. The minimum absolute atomic E-state index is 0.113. The summed E-state index contributed by atoms with van der Waals surface area (Å²) in [7, 11) is 1.71. The number of carbonyl (C=O) groups is 1. The molecule has 4 aromatic heterocycles. The standard InChI is InChI=1S/C23H21N9O2/c1-34-18-12-31-8-9-32(18)23-19-15(4-7-27-23)22(31)30-21(29-19)14-3-6-26-17(11-14)28-16-10-13(20(24)33)2-5-25-16/h2-7,10-11,18H,8-9,12H2,1H3,(H2,24,33)(H,25,26,28). The summed E-state index contributed by atoms with van der Waals surface area (Å²) in [6, 6.07) is 8.80. The Kier molecular flexibility index (Phi) is 4.69. The van der Waals surface area contributed by atoms with Crippen molar-refractivity contribution in [2.45, 2.75) is 6.23 Å². The number of fused-ring (bicyclic) bond motifs is 2. The molecular formula is C23H21N9O2. The quantitative estimate of drug-likeness (QED) is 0.459. The molecule has 11 heteroatoms. The Hall–Kier alpha value is -4.38. The molecule has 1 unspecified atom stereocenters. The largest absolute Gasteiger partial charge is 0.366 e. The smallest absolute Gasteiger partial charge is 0.248 e. The van der Waals surface area contributed by atoms with Gasteiger partial charge in [-0.3, -0.25) is 4.79 Å². The monoisotopic (exact) mass is 455 g/mol. The Bertz CT molecular complexity index is 1430. The summed E-state index contributed by atoms with van der Waals surface area (Å²) in [4.78, 5) is 39.0. The summed E-state index contributed by atoms with van der Waals surface area (Å²) in [6.45, 7) is 2.30. The first-order valence-electron chi connectivity index (χ1n) is 10.8. The van der Waals surface area contributed by atoms with E-state index < -0.39 is 5.91 Å². The Morgan fingerprint density at radius 3 is 2.65 bits per heavy atom. The molecule has 11 nitrogen and oxygen atoms in total. The second-order valence-electron chi connectivity index (χ2n) is 8.08. The van der Waals surface area contributed by atoms with Gasteiger partial charge in [-0.2, -0.15) is 0 Å². The molecule has 170 valence electrons. The lowest BCUT2D eigenvalue weighted by Gasteiger charge is -2.43. The number of hydrogen-bond acceptors (Lipinski definition) is 10. The number of methoxy groups -OCH3 is 1. The van der Waals surface area contributed by atoms with E-state index in [9.17, 15) is 4.79 Å². The molecule has 3 aliphatic rings. The normalized spacial score (nSPS) is 16.6. The maximum atomic E-state index is 11.5. The average Bonchev–Trinajstić information content (AvgIpc) is 2.88. The number of anilines is 4. The van der Waals surface area contributed by atoms with E-state index >= 15 is 0 Å². The van der Waals surface area contributed by atoms with E-state index in [-0.39, 0.29) is 6.23 Å². The Morgan fingerprint density at radius 2 is 1.82 bits per heavy atom. The topological polar surface area (TPSA) is 135 Å². The second-order valence-corrected chi connectivity index (χ2v) is 8.08. The fourth-order valence-electron chi connectivity index (χ4n) is 4.41. The van der Waals surface area contributed by atoms with E-state index in [2.05, 4.69) is 30.1 Å². The second kappa shape index (κ2) is 7.89. The van der Waals surface area contributed by atoms with Crippen LogP contribution in [-0.4, -0.2) is 63.8 Å². The molecule has 7 heterocycles. The molecule has 4 aromatic rings. The zero-order chi connectivity index (χ0) is 23.2. The predicted molar refractivity (Wildman–Crippen MR) is 127 cm³/mol. The van der Waals surface area contributed by atoms with E-state index in [0.717, 1.165) is 41.2 Å². The van der Waals surface area contributed by atoms with Crippen LogP contribution in [0, 0.1) is 0 Å². The molecular weight excluding hydrogens is 434 g/mol. The first kappa shape index (κ1) is 20.2. The average molecular weight is 455 g/mol. The van der Waals surface area contributed by atoms with E-state index in [1.807, 2.05) is 18.2 Å². The first-order chi connectivity index (χ1) is 16.6. The van der Waals surface area contributed by atoms with Crippen molar-refractivity contribution < 1.29 is 9.53 Å². The molecule has 6 bridgehead atoms. The number of ether oxygens (including phenoxy) is 1. The van der Waals surface area contributed by atoms with E-state index in [1.165, 1.54) is 6.20 Å². The summed E-state index contributed by atoms with van der Waals surface area (Å²) in [5, 5.41) is 4.08. The summed E-state index contributed by atoms with van der Waals surface area (Å²) in [6.07, 6.45) is 4.87. The molecule has 1 atom stereocenters. The van der Waals surface area contributed by atoms with Crippen molar-refractivity contribution in [1.82, 2.24) is 24.9 Å². The molecule has 1 amide bonds. The highest BCUT2D eigenvalue weighted by molar-refractivity contribution is 5.98. The molecule has 1 fully saturated rings. The number of aromatic nitrogens is 5. The number of piperazine rings is 1. The summed E-state index contributed by atoms with van der Waals surface area (Å²) >= 11 is 0. The number of amides is 1. The number of carbonyl (C=O) groups excluding carboxylic acids is 1. The molecule has 0 saturated carbocycles. The molecule has 7 rings (SSSR count). The van der Waals surface area contributed by atoms with Gasteiger partial charge in [-0.15, -0.1) is 0 Å². The van der Waals surface area contributed by atoms with Gasteiger partial charge in [-0.25, -0.2) is 24.9 Å². The van der Waals surface area contributed by atoms with Crippen LogP contribution < -0.4 is 20.9 Å². The molecule has 0 aromatic carbocycles. The molecule has 34 heavy (non-hydrogen) atoms. The van der Waals surface area contributed by atoms with Gasteiger partial charge >= 0.3 is 0 Å². The van der Waals surface area contributed by atoms with E-state index in [1.54, 1.807) is 31.6 Å². The van der Waals surface area contributed by atoms with Crippen LogP contribution in [0.3, 0.4) is 0 Å². The van der Waals surface area contributed by atoms with E-state index in [0.29, 0.717) is 29.6 Å². The van der Waals surface area contributed by atoms with Crippen LogP contribution in [0.5, 0.6) is 0 Å². The van der Waals surface area contributed by atoms with Gasteiger partial charge in [-0.1, -0.05) is 0 Å².